The molecule has 3 aromatic rings. The Balaban J connectivity index is 1.90. The van der Waals surface area contributed by atoms with E-state index in [0.29, 0.717) is 11.1 Å². The molecule has 0 saturated carbocycles. The van der Waals surface area contributed by atoms with Gasteiger partial charge >= 0.3 is 0 Å². The highest BCUT2D eigenvalue weighted by Gasteiger charge is 2.46. The zero-order valence-electron chi connectivity index (χ0n) is 15.2. The van der Waals surface area contributed by atoms with Crippen LogP contribution in [0, 0.1) is 5.82 Å². The topological polar surface area (TPSA) is 43.3 Å². The molecule has 1 fully saturated rings. The minimum atomic E-state index is -2.99. The first-order chi connectivity index (χ1) is 13.4. The van der Waals surface area contributed by atoms with Crippen LogP contribution in [0.15, 0.2) is 53.3 Å². The van der Waals surface area contributed by atoms with Crippen LogP contribution in [0.25, 0.3) is 10.8 Å². The summed E-state index contributed by atoms with van der Waals surface area (Å²) in [7, 11) is 1.54. The molecule has 0 spiro atoms. The van der Waals surface area contributed by atoms with Crippen LogP contribution in [0.2, 0.25) is 0 Å². The average molecular weight is 388 g/mol. The summed E-state index contributed by atoms with van der Waals surface area (Å²) in [6, 6.07) is 12.7. The lowest BCUT2D eigenvalue weighted by atomic mass is 9.97. The first-order valence-electron chi connectivity index (χ1n) is 8.94. The summed E-state index contributed by atoms with van der Waals surface area (Å²) in [4.78, 5) is 13.1. The Kier molecular flexibility index (Phi) is 4.63. The summed E-state index contributed by atoms with van der Waals surface area (Å²) in [5.74, 6) is -4.16. The van der Waals surface area contributed by atoms with E-state index in [-0.39, 0.29) is 24.2 Å². The summed E-state index contributed by atoms with van der Waals surface area (Å²) >= 11 is 0. The van der Waals surface area contributed by atoms with Gasteiger partial charge in [0.15, 0.2) is 0 Å². The maximum absolute atomic E-state index is 14.5. The van der Waals surface area contributed by atoms with Crippen molar-refractivity contribution in [3.05, 3.63) is 76.0 Å². The van der Waals surface area contributed by atoms with E-state index < -0.39 is 29.8 Å². The molecule has 146 valence electrons. The van der Waals surface area contributed by atoms with Crippen LogP contribution in [0.1, 0.15) is 17.2 Å². The highest BCUT2D eigenvalue weighted by Crippen LogP contribution is 2.37. The number of pyridine rings is 1. The highest BCUT2D eigenvalue weighted by molar-refractivity contribution is 5.82. The third-order valence-corrected chi connectivity index (χ3v) is 5.20. The van der Waals surface area contributed by atoms with E-state index in [4.69, 9.17) is 4.74 Å². The number of hydrogen-bond acceptors (Lipinski definition) is 3. The van der Waals surface area contributed by atoms with Crippen LogP contribution in [0.4, 0.5) is 13.2 Å². The summed E-state index contributed by atoms with van der Waals surface area (Å²) in [6.07, 6.45) is 0. The second-order valence-electron chi connectivity index (χ2n) is 6.96. The summed E-state index contributed by atoms with van der Waals surface area (Å²) in [5, 5.41) is 2.93. The maximum atomic E-state index is 14.5. The lowest BCUT2D eigenvalue weighted by Gasteiger charge is -2.23. The average Bonchev–Trinajstić information content (AvgIpc) is 3.03. The molecule has 28 heavy (non-hydrogen) atoms. The molecule has 0 amide bonds. The zero-order chi connectivity index (χ0) is 19.9. The van der Waals surface area contributed by atoms with E-state index in [1.54, 1.807) is 37.4 Å². The molecule has 2 heterocycles. The Morgan fingerprint density at radius 2 is 1.96 bits per heavy atom. The van der Waals surface area contributed by atoms with E-state index >= 15 is 0 Å². The third kappa shape index (κ3) is 3.16. The largest absolute Gasteiger partial charge is 0.497 e. The van der Waals surface area contributed by atoms with Crippen molar-refractivity contribution in [2.45, 2.75) is 18.4 Å². The summed E-state index contributed by atoms with van der Waals surface area (Å²) in [5.41, 5.74) is 0.326. The predicted molar refractivity (Wildman–Crippen MR) is 101 cm³/mol. The fourth-order valence-electron chi connectivity index (χ4n) is 3.72. The zero-order valence-corrected chi connectivity index (χ0v) is 15.2. The Labute approximate surface area is 159 Å². The van der Waals surface area contributed by atoms with Crippen molar-refractivity contribution in [3.8, 4) is 5.75 Å². The van der Waals surface area contributed by atoms with Gasteiger partial charge in [-0.1, -0.05) is 24.3 Å². The van der Waals surface area contributed by atoms with Gasteiger partial charge < -0.3 is 14.6 Å². The lowest BCUT2D eigenvalue weighted by molar-refractivity contribution is 0.00362. The number of benzene rings is 2. The Morgan fingerprint density at radius 3 is 2.61 bits per heavy atom. The molecule has 1 N–H and O–H groups in total. The van der Waals surface area contributed by atoms with Crippen LogP contribution in [-0.2, 0) is 6.54 Å². The molecule has 4 rings (SSSR count). The van der Waals surface area contributed by atoms with Gasteiger partial charge in [-0.3, -0.25) is 4.79 Å². The van der Waals surface area contributed by atoms with Gasteiger partial charge in [-0.15, -0.1) is 0 Å². The number of ether oxygens (including phenoxy) is 1. The minimum Gasteiger partial charge on any atom is -0.497 e. The van der Waals surface area contributed by atoms with Crippen molar-refractivity contribution in [2.24, 2.45) is 0 Å². The SMILES string of the molecule is COc1ccc(Cn2c(C3CNCC3(F)F)cc3cccc(F)c3c2=O)cc1. The molecule has 7 heteroatoms. The second kappa shape index (κ2) is 6.98. The predicted octanol–water partition coefficient (Wildman–Crippen LogP) is 3.52. The molecule has 1 aromatic heterocycles. The van der Waals surface area contributed by atoms with Crippen molar-refractivity contribution in [2.75, 3.05) is 20.2 Å². The molecule has 1 atom stereocenters. The van der Waals surface area contributed by atoms with Crippen LogP contribution in [0.5, 0.6) is 5.75 Å². The van der Waals surface area contributed by atoms with Crippen molar-refractivity contribution in [3.63, 3.8) is 0 Å². The summed E-state index contributed by atoms with van der Waals surface area (Å²) in [6.45, 7) is -0.333. The van der Waals surface area contributed by atoms with E-state index in [0.717, 1.165) is 5.56 Å². The van der Waals surface area contributed by atoms with Crippen molar-refractivity contribution in [1.82, 2.24) is 9.88 Å². The number of methoxy groups -OCH3 is 1. The molecule has 1 aliphatic rings. The molecule has 1 aliphatic heterocycles. The number of alkyl halides is 2. The first kappa shape index (κ1) is 18.6. The lowest BCUT2D eigenvalue weighted by Crippen LogP contribution is -2.32. The molecule has 0 aliphatic carbocycles. The van der Waals surface area contributed by atoms with Gasteiger partial charge in [-0.25, -0.2) is 13.2 Å². The molecular weight excluding hydrogens is 369 g/mol. The van der Waals surface area contributed by atoms with Gasteiger partial charge in [0.2, 0.25) is 0 Å². The Hall–Kier alpha value is -2.80. The van der Waals surface area contributed by atoms with Crippen molar-refractivity contribution >= 4 is 10.8 Å². The second-order valence-corrected chi connectivity index (χ2v) is 6.96. The number of fused-ring (bicyclic) bond motifs is 1. The van der Waals surface area contributed by atoms with Crippen molar-refractivity contribution in [1.29, 1.82) is 0 Å². The molecule has 2 aromatic carbocycles. The molecule has 0 radical (unpaired) electrons. The maximum Gasteiger partial charge on any atom is 0.269 e. The van der Waals surface area contributed by atoms with Crippen LogP contribution in [0.3, 0.4) is 0 Å². The Morgan fingerprint density at radius 1 is 1.21 bits per heavy atom. The van der Waals surface area contributed by atoms with E-state index in [9.17, 15) is 18.0 Å². The van der Waals surface area contributed by atoms with Gasteiger partial charge in [-0.2, -0.15) is 0 Å². The molecule has 4 nitrogen and oxygen atoms in total. The van der Waals surface area contributed by atoms with Crippen LogP contribution >= 0.6 is 0 Å². The quantitative estimate of drug-likeness (QED) is 0.744. The van der Waals surface area contributed by atoms with Crippen molar-refractivity contribution < 1.29 is 17.9 Å². The van der Waals surface area contributed by atoms with Gasteiger partial charge in [0.1, 0.15) is 11.6 Å². The van der Waals surface area contributed by atoms with Gasteiger partial charge in [0.25, 0.3) is 11.5 Å². The van der Waals surface area contributed by atoms with Gasteiger partial charge in [0, 0.05) is 12.2 Å². The van der Waals surface area contributed by atoms with Gasteiger partial charge in [-0.05, 0) is 35.2 Å². The Bertz CT molecular complexity index is 1080. The minimum absolute atomic E-state index is 0.0515. The number of aromatic nitrogens is 1. The first-order valence-corrected chi connectivity index (χ1v) is 8.94. The fourth-order valence-corrected chi connectivity index (χ4v) is 3.72. The van der Waals surface area contributed by atoms with Crippen LogP contribution < -0.4 is 15.6 Å². The number of nitrogens with one attached hydrogen (secondary N) is 1. The fraction of sp³-hybridized carbons (Fsp3) is 0.286. The highest BCUT2D eigenvalue weighted by atomic mass is 19.3. The number of halogens is 3. The van der Waals surface area contributed by atoms with Crippen LogP contribution in [-0.4, -0.2) is 30.7 Å². The van der Waals surface area contributed by atoms with E-state index in [1.807, 2.05) is 0 Å². The molecule has 0 bridgehead atoms. The molecule has 1 unspecified atom stereocenters. The third-order valence-electron chi connectivity index (χ3n) is 5.20. The van der Waals surface area contributed by atoms with E-state index in [2.05, 4.69) is 5.32 Å². The monoisotopic (exact) mass is 388 g/mol. The molecular formula is C21H19F3N2O2. The van der Waals surface area contributed by atoms with E-state index in [1.165, 1.54) is 22.8 Å². The number of rotatable bonds is 4. The normalized spacial score (nSPS) is 18.5. The number of nitrogens with zero attached hydrogens (tertiary/aromatic N) is 1. The summed E-state index contributed by atoms with van der Waals surface area (Å²) < 4.78 is 49.6. The van der Waals surface area contributed by atoms with Gasteiger partial charge in [0.05, 0.1) is 31.5 Å². The number of hydrogen-bond donors (Lipinski definition) is 1. The standard InChI is InChI=1S/C21H19F3N2O2/c1-28-15-7-5-13(6-8-15)11-26-18(16-10-25-12-21(16,23)24)9-14-3-2-4-17(22)19(14)20(26)27/h2-9,16,25H,10-12H2,1H3. The smallest absolute Gasteiger partial charge is 0.269 e. The molecule has 1 saturated heterocycles.